The lowest BCUT2D eigenvalue weighted by Gasteiger charge is -2.43. The van der Waals surface area contributed by atoms with Crippen molar-refractivity contribution in [3.05, 3.63) is 22.4 Å². The first-order valence-electron chi connectivity index (χ1n) is 8.60. The van der Waals surface area contributed by atoms with E-state index in [2.05, 4.69) is 22.4 Å². The maximum atomic E-state index is 12.5. The second kappa shape index (κ2) is 6.89. The van der Waals surface area contributed by atoms with Crippen molar-refractivity contribution < 1.29 is 14.4 Å². The van der Waals surface area contributed by atoms with Crippen LogP contribution in [0.4, 0.5) is 0 Å². The highest BCUT2D eigenvalue weighted by Gasteiger charge is 2.40. The van der Waals surface area contributed by atoms with Gasteiger partial charge in [0.05, 0.1) is 31.8 Å². The van der Waals surface area contributed by atoms with E-state index in [0.29, 0.717) is 25.2 Å². The molecule has 0 unspecified atom stereocenters. The molecular formula is C17H24N2O3S. The summed E-state index contributed by atoms with van der Waals surface area (Å²) in [6.45, 7) is 5.10. The third kappa shape index (κ3) is 3.45. The third-order valence-corrected chi connectivity index (χ3v) is 6.02. The normalized spacial score (nSPS) is 32.0. The molecule has 6 heteroatoms. The molecule has 1 aromatic rings. The molecule has 0 spiro atoms. The molecule has 3 fully saturated rings. The Morgan fingerprint density at radius 2 is 2.35 bits per heavy atom. The molecule has 0 aliphatic carbocycles. The molecule has 126 valence electrons. The van der Waals surface area contributed by atoms with Gasteiger partial charge >= 0.3 is 0 Å². The van der Waals surface area contributed by atoms with Gasteiger partial charge in [-0.1, -0.05) is 6.07 Å². The van der Waals surface area contributed by atoms with E-state index in [1.165, 1.54) is 4.88 Å². The molecule has 4 rings (SSSR count). The summed E-state index contributed by atoms with van der Waals surface area (Å²) in [6, 6.07) is 4.31. The molecule has 3 atom stereocenters. The van der Waals surface area contributed by atoms with Gasteiger partial charge in [-0.25, -0.2) is 5.06 Å². The van der Waals surface area contributed by atoms with Crippen molar-refractivity contribution >= 4 is 17.2 Å². The lowest BCUT2D eigenvalue weighted by atomic mass is 9.83. The van der Waals surface area contributed by atoms with E-state index in [-0.39, 0.29) is 11.8 Å². The van der Waals surface area contributed by atoms with Crippen LogP contribution in [0.15, 0.2) is 17.5 Å². The highest BCUT2D eigenvalue weighted by molar-refractivity contribution is 7.09. The van der Waals surface area contributed by atoms with Gasteiger partial charge in [0, 0.05) is 24.5 Å². The van der Waals surface area contributed by atoms with Crippen molar-refractivity contribution in [3.8, 4) is 0 Å². The smallest absolute Gasteiger partial charge is 0.251 e. The fraction of sp³-hybridized carbons (Fsp3) is 0.706. The fourth-order valence-electron chi connectivity index (χ4n) is 3.97. The molecule has 3 aliphatic rings. The van der Waals surface area contributed by atoms with Gasteiger partial charge in [-0.3, -0.25) is 14.5 Å². The first kappa shape index (κ1) is 15.6. The molecule has 0 bridgehead atoms. The highest BCUT2D eigenvalue weighted by atomic mass is 32.1. The Morgan fingerprint density at radius 1 is 1.39 bits per heavy atom. The zero-order valence-electron chi connectivity index (χ0n) is 13.4. The molecule has 3 saturated heterocycles. The van der Waals surface area contributed by atoms with Crippen LogP contribution in [-0.2, 0) is 20.9 Å². The Hall–Kier alpha value is -0.950. The first-order chi connectivity index (χ1) is 11.3. The van der Waals surface area contributed by atoms with Crippen LogP contribution in [0.1, 0.15) is 24.1 Å². The van der Waals surface area contributed by atoms with E-state index >= 15 is 0 Å². The number of rotatable bonds is 3. The number of fused-ring (bicyclic) bond motifs is 1. The summed E-state index contributed by atoms with van der Waals surface area (Å²) in [7, 11) is 0. The molecule has 1 aromatic heterocycles. The van der Waals surface area contributed by atoms with Crippen molar-refractivity contribution in [2.24, 2.45) is 11.8 Å². The van der Waals surface area contributed by atoms with E-state index < -0.39 is 0 Å². The molecule has 5 nitrogen and oxygen atoms in total. The van der Waals surface area contributed by atoms with Crippen LogP contribution in [-0.4, -0.2) is 54.8 Å². The Morgan fingerprint density at radius 3 is 3.13 bits per heavy atom. The number of ether oxygens (including phenoxy) is 1. The minimum atomic E-state index is -0.0314. The molecule has 0 saturated carbocycles. The Bertz CT molecular complexity index is 530. The lowest BCUT2D eigenvalue weighted by Crippen LogP contribution is -2.50. The average molecular weight is 336 g/mol. The zero-order valence-corrected chi connectivity index (χ0v) is 14.2. The molecule has 23 heavy (non-hydrogen) atoms. The SMILES string of the molecule is O=C([C@@H]1CO[C@@H]2CCN(Cc3cccs3)C[C@@H]2C1)N1CCCO1. The molecule has 3 aliphatic heterocycles. The van der Waals surface area contributed by atoms with Crippen molar-refractivity contribution in [2.75, 3.05) is 32.8 Å². The maximum Gasteiger partial charge on any atom is 0.251 e. The molecule has 1 amide bonds. The first-order valence-corrected chi connectivity index (χ1v) is 9.48. The fourth-order valence-corrected chi connectivity index (χ4v) is 4.71. The number of carbonyl (C=O) groups excluding carboxylic acids is 1. The number of nitrogens with zero attached hydrogens (tertiary/aromatic N) is 2. The van der Waals surface area contributed by atoms with E-state index in [0.717, 1.165) is 45.4 Å². The number of hydrogen-bond acceptors (Lipinski definition) is 5. The summed E-state index contributed by atoms with van der Waals surface area (Å²) < 4.78 is 6.03. The largest absolute Gasteiger partial charge is 0.377 e. The van der Waals surface area contributed by atoms with Crippen LogP contribution < -0.4 is 0 Å². The Kier molecular flexibility index (Phi) is 4.66. The number of hydroxylamine groups is 2. The van der Waals surface area contributed by atoms with E-state index in [9.17, 15) is 4.79 Å². The monoisotopic (exact) mass is 336 g/mol. The van der Waals surface area contributed by atoms with Gasteiger partial charge in [0.15, 0.2) is 0 Å². The highest BCUT2D eigenvalue weighted by Crippen LogP contribution is 2.33. The Balaban J connectivity index is 1.35. The van der Waals surface area contributed by atoms with Gasteiger partial charge in [0.1, 0.15) is 0 Å². The lowest BCUT2D eigenvalue weighted by molar-refractivity contribution is -0.183. The number of amides is 1. The topological polar surface area (TPSA) is 42.0 Å². The van der Waals surface area contributed by atoms with Crippen molar-refractivity contribution in [1.82, 2.24) is 9.96 Å². The molecule has 0 radical (unpaired) electrons. The number of hydrogen-bond donors (Lipinski definition) is 0. The quantitative estimate of drug-likeness (QED) is 0.848. The maximum absolute atomic E-state index is 12.5. The summed E-state index contributed by atoms with van der Waals surface area (Å²) in [5, 5.41) is 3.69. The number of carbonyl (C=O) groups is 1. The summed E-state index contributed by atoms with van der Waals surface area (Å²) in [5.74, 6) is 0.557. The van der Waals surface area contributed by atoms with Crippen LogP contribution in [0.25, 0.3) is 0 Å². The summed E-state index contributed by atoms with van der Waals surface area (Å²) in [6.07, 6.45) is 3.29. The Labute approximate surface area is 141 Å². The zero-order chi connectivity index (χ0) is 15.6. The number of thiophene rings is 1. The van der Waals surface area contributed by atoms with E-state index in [4.69, 9.17) is 9.57 Å². The number of likely N-dealkylation sites (tertiary alicyclic amines) is 1. The average Bonchev–Trinajstić information content (AvgIpc) is 3.27. The molecule has 0 aromatic carbocycles. The van der Waals surface area contributed by atoms with Crippen molar-refractivity contribution in [2.45, 2.75) is 31.9 Å². The van der Waals surface area contributed by atoms with E-state index in [1.807, 2.05) is 11.3 Å². The van der Waals surface area contributed by atoms with Crippen LogP contribution in [0.3, 0.4) is 0 Å². The second-order valence-electron chi connectivity index (χ2n) is 6.79. The van der Waals surface area contributed by atoms with Gasteiger partial charge < -0.3 is 4.74 Å². The summed E-state index contributed by atoms with van der Waals surface area (Å²) in [5.41, 5.74) is 0. The van der Waals surface area contributed by atoms with Gasteiger partial charge in [-0.2, -0.15) is 0 Å². The molecular weight excluding hydrogens is 312 g/mol. The minimum absolute atomic E-state index is 0.0314. The van der Waals surface area contributed by atoms with Crippen molar-refractivity contribution in [1.29, 1.82) is 0 Å². The van der Waals surface area contributed by atoms with Crippen LogP contribution in [0.2, 0.25) is 0 Å². The summed E-state index contributed by atoms with van der Waals surface area (Å²) >= 11 is 1.82. The van der Waals surface area contributed by atoms with Gasteiger partial charge in [-0.15, -0.1) is 11.3 Å². The predicted octanol–water partition coefficient (Wildman–Crippen LogP) is 2.14. The molecule has 0 N–H and O–H groups in total. The minimum Gasteiger partial charge on any atom is -0.377 e. The van der Waals surface area contributed by atoms with Crippen LogP contribution in [0.5, 0.6) is 0 Å². The second-order valence-corrected chi connectivity index (χ2v) is 7.83. The van der Waals surface area contributed by atoms with Crippen LogP contribution >= 0.6 is 11.3 Å². The number of piperidine rings is 1. The van der Waals surface area contributed by atoms with E-state index in [1.54, 1.807) is 5.06 Å². The molecule has 4 heterocycles. The standard InChI is InChI=1S/C17H24N2O3S/c20-17(19-5-2-7-22-19)14-9-13-10-18(6-4-16(13)21-12-14)11-15-3-1-8-23-15/h1,3,8,13-14,16H,2,4-7,9-12H2/t13-,14-,16+/m0/s1. The summed E-state index contributed by atoms with van der Waals surface area (Å²) in [4.78, 5) is 21.9. The van der Waals surface area contributed by atoms with Gasteiger partial charge in [0.25, 0.3) is 5.91 Å². The van der Waals surface area contributed by atoms with Crippen LogP contribution in [0, 0.1) is 11.8 Å². The van der Waals surface area contributed by atoms with Gasteiger partial charge in [0.2, 0.25) is 0 Å². The third-order valence-electron chi connectivity index (χ3n) is 5.15. The predicted molar refractivity (Wildman–Crippen MR) is 87.8 cm³/mol. The van der Waals surface area contributed by atoms with Crippen molar-refractivity contribution in [3.63, 3.8) is 0 Å². The van der Waals surface area contributed by atoms with Gasteiger partial charge in [-0.05, 0) is 36.6 Å².